The van der Waals surface area contributed by atoms with Crippen LogP contribution >= 0.6 is 0 Å². The van der Waals surface area contributed by atoms with Crippen LogP contribution in [0.5, 0.6) is 5.75 Å². The second kappa shape index (κ2) is 12.2. The summed E-state index contributed by atoms with van der Waals surface area (Å²) in [5.41, 5.74) is -0.431. The lowest BCUT2D eigenvalue weighted by atomic mass is 9.68. The molecule has 0 aromatic heterocycles. The average molecular weight is 566 g/mol. The van der Waals surface area contributed by atoms with Crippen molar-refractivity contribution in [3.8, 4) is 5.75 Å². The van der Waals surface area contributed by atoms with Crippen molar-refractivity contribution in [3.63, 3.8) is 0 Å². The fraction of sp³-hybridized carbons (Fsp3) is 0.548. The molecule has 1 amide bonds. The molecule has 0 bridgehead atoms. The van der Waals surface area contributed by atoms with E-state index in [0.717, 1.165) is 54.0 Å². The van der Waals surface area contributed by atoms with E-state index in [-0.39, 0.29) is 23.1 Å². The number of nitro benzene ring substituents is 1. The van der Waals surface area contributed by atoms with Crippen LogP contribution in [0.3, 0.4) is 0 Å². The number of nitro groups is 1. The van der Waals surface area contributed by atoms with E-state index in [4.69, 9.17) is 19.6 Å². The number of piperidine rings is 1. The van der Waals surface area contributed by atoms with Crippen molar-refractivity contribution >= 4 is 17.9 Å². The fourth-order valence-corrected chi connectivity index (χ4v) is 6.72. The van der Waals surface area contributed by atoms with E-state index in [1.807, 2.05) is 24.3 Å². The van der Waals surface area contributed by atoms with E-state index >= 15 is 0 Å². The monoisotopic (exact) mass is 565 g/mol. The smallest absolute Gasteiger partial charge is 0.407 e. The summed E-state index contributed by atoms with van der Waals surface area (Å²) >= 11 is 0. The number of carbonyl (C=O) groups is 1. The number of carboxylic acid groups (broad SMARTS) is 1. The molecule has 2 aromatic carbocycles. The van der Waals surface area contributed by atoms with Gasteiger partial charge in [-0.05, 0) is 80.6 Å². The van der Waals surface area contributed by atoms with Gasteiger partial charge in [0.15, 0.2) is 0 Å². The van der Waals surface area contributed by atoms with Crippen molar-refractivity contribution in [2.45, 2.75) is 62.5 Å². The molecule has 10 heteroatoms. The van der Waals surface area contributed by atoms with Crippen LogP contribution in [-0.4, -0.2) is 70.7 Å². The molecular formula is C31H39N3O7. The molecular weight excluding hydrogens is 526 g/mol. The Kier molecular flexibility index (Phi) is 8.60. The molecule has 0 radical (unpaired) electrons. The Labute approximate surface area is 239 Å². The van der Waals surface area contributed by atoms with Crippen molar-refractivity contribution in [3.05, 3.63) is 68.7 Å². The van der Waals surface area contributed by atoms with Gasteiger partial charge < -0.3 is 24.6 Å². The first-order valence-corrected chi connectivity index (χ1v) is 14.5. The summed E-state index contributed by atoms with van der Waals surface area (Å²) in [6.45, 7) is 1.97. The summed E-state index contributed by atoms with van der Waals surface area (Å²) < 4.78 is 11.6. The number of nitrogens with zero attached hydrogens (tertiary/aromatic N) is 3. The highest BCUT2D eigenvalue weighted by Gasteiger charge is 2.44. The average Bonchev–Trinajstić information content (AvgIpc) is 3.34. The predicted octanol–water partition coefficient (Wildman–Crippen LogP) is 3.72. The number of hydrogen-bond acceptors (Lipinski definition) is 7. The molecule has 1 atom stereocenters. The standard InChI is InChI=1S/C31H39N3O7/c1-40-28-5-3-2-4-23(28)19-31(20-24-18-26(34(38)39)6-7-27(24)32-31)25-8-13-30(37,14-9-25)21-41-17-12-22-10-15-33(16-11-22)29(35)36/h2-7,18,20,22,25,37H,8-17,19,21H2,1H3,(H,35,36). The molecule has 2 heterocycles. The number of rotatable bonds is 10. The van der Waals surface area contributed by atoms with Gasteiger partial charge in [-0.2, -0.15) is 0 Å². The van der Waals surface area contributed by atoms with Gasteiger partial charge in [0.1, 0.15) is 5.75 Å². The largest absolute Gasteiger partial charge is 0.496 e. The maximum Gasteiger partial charge on any atom is 0.407 e. The van der Waals surface area contributed by atoms with Crippen molar-refractivity contribution < 1.29 is 29.4 Å². The summed E-state index contributed by atoms with van der Waals surface area (Å²) in [6.07, 6.45) is 7.07. The molecule has 2 aromatic rings. The minimum atomic E-state index is -0.904. The van der Waals surface area contributed by atoms with E-state index in [1.54, 1.807) is 19.2 Å². The zero-order chi connectivity index (χ0) is 29.0. The number of benzene rings is 2. The second-order valence-corrected chi connectivity index (χ2v) is 11.8. The van der Waals surface area contributed by atoms with Gasteiger partial charge in [-0.1, -0.05) is 18.2 Å². The Bertz CT molecular complexity index is 1380. The molecule has 2 N–H and O–H groups in total. The number of ether oxygens (including phenoxy) is 2. The Morgan fingerprint density at radius 3 is 2.56 bits per heavy atom. The van der Waals surface area contributed by atoms with Crippen LogP contribution in [0.4, 0.5) is 10.5 Å². The maximum atomic E-state index is 11.4. The van der Waals surface area contributed by atoms with Crippen LogP contribution < -0.4 is 15.3 Å². The van der Waals surface area contributed by atoms with Gasteiger partial charge in [0.05, 0.1) is 35.1 Å². The van der Waals surface area contributed by atoms with Gasteiger partial charge in [-0.3, -0.25) is 15.1 Å². The second-order valence-electron chi connectivity index (χ2n) is 11.8. The van der Waals surface area contributed by atoms with Crippen LogP contribution in [0.15, 0.2) is 47.5 Å². The Morgan fingerprint density at radius 1 is 1.15 bits per heavy atom. The van der Waals surface area contributed by atoms with Crippen molar-refractivity contribution in [1.82, 2.24) is 4.90 Å². The van der Waals surface area contributed by atoms with E-state index < -0.39 is 17.2 Å². The lowest BCUT2D eigenvalue weighted by Crippen LogP contribution is -2.45. The molecule has 1 saturated carbocycles. The van der Waals surface area contributed by atoms with Crippen molar-refractivity contribution in [2.75, 3.05) is 33.4 Å². The lowest BCUT2D eigenvalue weighted by molar-refractivity contribution is -0.385. The van der Waals surface area contributed by atoms with E-state index in [9.17, 15) is 20.0 Å². The number of non-ortho nitro benzene ring substituents is 1. The molecule has 3 aliphatic rings. The number of likely N-dealkylation sites (tertiary alicyclic amines) is 1. The first-order chi connectivity index (χ1) is 19.7. The number of amides is 1. The number of fused-ring (bicyclic) bond motifs is 1. The van der Waals surface area contributed by atoms with Crippen molar-refractivity contribution in [2.24, 2.45) is 16.8 Å². The zero-order valence-electron chi connectivity index (χ0n) is 23.5. The van der Waals surface area contributed by atoms with E-state index in [1.165, 1.54) is 11.0 Å². The third-order valence-corrected chi connectivity index (χ3v) is 9.17. The summed E-state index contributed by atoms with van der Waals surface area (Å²) in [7, 11) is 1.65. The normalized spacial score (nSPS) is 26.1. The van der Waals surface area contributed by atoms with Crippen LogP contribution in [0.2, 0.25) is 0 Å². The molecule has 5 rings (SSSR count). The highest BCUT2D eigenvalue weighted by atomic mass is 16.6. The molecule has 1 saturated heterocycles. The van der Waals surface area contributed by atoms with Gasteiger partial charge in [-0.25, -0.2) is 4.79 Å². The third kappa shape index (κ3) is 6.54. The first-order valence-electron chi connectivity index (χ1n) is 14.5. The summed E-state index contributed by atoms with van der Waals surface area (Å²) in [4.78, 5) is 28.8. The van der Waals surface area contributed by atoms with Crippen LogP contribution in [0.1, 0.15) is 50.5 Å². The number of hydrogen-bond donors (Lipinski definition) is 2. The lowest BCUT2D eigenvalue weighted by Gasteiger charge is -2.42. The van der Waals surface area contributed by atoms with Crippen LogP contribution in [-0.2, 0) is 11.2 Å². The molecule has 2 aliphatic heterocycles. The van der Waals surface area contributed by atoms with Gasteiger partial charge in [0.25, 0.3) is 5.69 Å². The minimum absolute atomic E-state index is 0.0471. The third-order valence-electron chi connectivity index (χ3n) is 9.17. The molecule has 2 fully saturated rings. The van der Waals surface area contributed by atoms with Crippen LogP contribution in [0.25, 0.3) is 6.08 Å². The SMILES string of the molecule is COc1ccccc1CC1(C2CCC(O)(COCCC3CCN(C(=O)O)CC3)CC2)C=c2cc([N+](=O)[O-])ccc2=N1. The quantitative estimate of drug-likeness (QED) is 0.255. The van der Waals surface area contributed by atoms with Gasteiger partial charge in [-0.15, -0.1) is 0 Å². The highest BCUT2D eigenvalue weighted by Crippen LogP contribution is 2.43. The number of aliphatic hydroxyl groups is 1. The molecule has 220 valence electrons. The van der Waals surface area contributed by atoms with E-state index in [0.29, 0.717) is 44.9 Å². The molecule has 1 unspecified atom stereocenters. The molecule has 10 nitrogen and oxygen atoms in total. The zero-order valence-corrected chi connectivity index (χ0v) is 23.5. The topological polar surface area (TPSA) is 135 Å². The molecule has 1 aliphatic carbocycles. The van der Waals surface area contributed by atoms with Crippen LogP contribution in [0, 0.1) is 22.0 Å². The highest BCUT2D eigenvalue weighted by molar-refractivity contribution is 5.65. The molecule has 41 heavy (non-hydrogen) atoms. The number of para-hydroxylation sites is 1. The Morgan fingerprint density at radius 2 is 1.88 bits per heavy atom. The first kappa shape index (κ1) is 29.0. The minimum Gasteiger partial charge on any atom is -0.496 e. The fourth-order valence-electron chi connectivity index (χ4n) is 6.72. The summed E-state index contributed by atoms with van der Waals surface area (Å²) in [5.74, 6) is 1.37. The maximum absolute atomic E-state index is 11.4. The number of methoxy groups -OCH3 is 1. The summed E-state index contributed by atoms with van der Waals surface area (Å²) in [5, 5.41) is 33.4. The van der Waals surface area contributed by atoms with Crippen molar-refractivity contribution in [1.29, 1.82) is 0 Å². The van der Waals surface area contributed by atoms with Gasteiger partial charge >= 0.3 is 6.09 Å². The Balaban J connectivity index is 1.24. The predicted molar refractivity (Wildman–Crippen MR) is 152 cm³/mol. The Hall–Kier alpha value is -3.50. The summed E-state index contributed by atoms with van der Waals surface area (Å²) in [6, 6.07) is 12.7. The van der Waals surface area contributed by atoms with E-state index in [2.05, 4.69) is 6.08 Å². The molecule has 0 spiro atoms. The van der Waals surface area contributed by atoms with Gasteiger partial charge in [0.2, 0.25) is 0 Å². The van der Waals surface area contributed by atoms with Gasteiger partial charge in [0, 0.05) is 43.5 Å².